The molecule has 1 aliphatic rings. The van der Waals surface area contributed by atoms with Gasteiger partial charge in [-0.15, -0.1) is 0 Å². The molecule has 0 spiro atoms. The van der Waals surface area contributed by atoms with E-state index in [4.69, 9.17) is 9.15 Å². The molecule has 2 aromatic rings. The van der Waals surface area contributed by atoms with Gasteiger partial charge in [-0.25, -0.2) is 0 Å². The van der Waals surface area contributed by atoms with Crippen LogP contribution in [0.15, 0.2) is 40.8 Å². The Morgan fingerprint density at radius 2 is 2.00 bits per heavy atom. The van der Waals surface area contributed by atoms with Crippen LogP contribution in [0.2, 0.25) is 0 Å². The number of hydrogen-bond acceptors (Lipinski definition) is 5. The molecule has 7 heteroatoms. The highest BCUT2D eigenvalue weighted by Gasteiger charge is 2.17. The lowest BCUT2D eigenvalue weighted by Crippen LogP contribution is -2.42. The summed E-state index contributed by atoms with van der Waals surface area (Å²) >= 11 is 0. The zero-order valence-electron chi connectivity index (χ0n) is 15.4. The van der Waals surface area contributed by atoms with Crippen molar-refractivity contribution in [2.75, 3.05) is 33.4 Å². The number of carbonyl (C=O) groups is 2. The predicted molar refractivity (Wildman–Crippen MR) is 102 cm³/mol. The Morgan fingerprint density at radius 1 is 1.19 bits per heavy atom. The largest absolute Gasteiger partial charge is 0.451 e. The van der Waals surface area contributed by atoms with Crippen molar-refractivity contribution in [1.82, 2.24) is 16.0 Å². The van der Waals surface area contributed by atoms with E-state index < -0.39 is 0 Å². The highest BCUT2D eigenvalue weighted by molar-refractivity contribution is 5.96. The normalized spacial score (nSPS) is 14.7. The van der Waals surface area contributed by atoms with Crippen LogP contribution in [0.25, 0.3) is 11.3 Å². The summed E-state index contributed by atoms with van der Waals surface area (Å²) in [6, 6.07) is 10.8. The molecule has 2 heterocycles. The summed E-state index contributed by atoms with van der Waals surface area (Å²) in [7, 11) is 1.57. The van der Waals surface area contributed by atoms with Gasteiger partial charge in [0.05, 0.1) is 6.61 Å². The first-order valence-electron chi connectivity index (χ1n) is 9.16. The fourth-order valence-corrected chi connectivity index (χ4v) is 3.02. The van der Waals surface area contributed by atoms with E-state index in [-0.39, 0.29) is 23.6 Å². The van der Waals surface area contributed by atoms with Gasteiger partial charge in [-0.05, 0) is 50.2 Å². The average Bonchev–Trinajstić information content (AvgIpc) is 3.19. The average molecular weight is 371 g/mol. The van der Waals surface area contributed by atoms with Gasteiger partial charge in [-0.2, -0.15) is 0 Å². The van der Waals surface area contributed by atoms with Crippen LogP contribution in [0.3, 0.4) is 0 Å². The Hall–Kier alpha value is -2.64. The predicted octanol–water partition coefficient (Wildman–Crippen LogP) is 1.80. The van der Waals surface area contributed by atoms with Gasteiger partial charge in [0.2, 0.25) is 0 Å². The molecule has 2 amide bonds. The number of hydrogen-bond donors (Lipinski definition) is 3. The number of ether oxygens (including phenoxy) is 1. The molecule has 0 bridgehead atoms. The molecule has 1 aliphatic heterocycles. The van der Waals surface area contributed by atoms with Crippen molar-refractivity contribution in [3.05, 3.63) is 47.7 Å². The molecule has 0 unspecified atom stereocenters. The van der Waals surface area contributed by atoms with Crippen LogP contribution >= 0.6 is 0 Å². The Bertz CT molecular complexity index is 781. The maximum Gasteiger partial charge on any atom is 0.287 e. The second-order valence-electron chi connectivity index (χ2n) is 6.49. The first-order valence-corrected chi connectivity index (χ1v) is 9.16. The summed E-state index contributed by atoms with van der Waals surface area (Å²) in [5, 5.41) is 9.08. The molecule has 3 N–H and O–H groups in total. The minimum absolute atomic E-state index is 0.0900. The number of nitrogens with one attached hydrogen (secondary N) is 3. The Labute approximate surface area is 158 Å². The Morgan fingerprint density at radius 3 is 2.78 bits per heavy atom. The first kappa shape index (κ1) is 19.1. The van der Waals surface area contributed by atoms with Crippen molar-refractivity contribution in [2.45, 2.75) is 18.9 Å². The molecule has 1 fully saturated rings. The molecular weight excluding hydrogens is 346 g/mol. The third-order valence-electron chi connectivity index (χ3n) is 4.51. The van der Waals surface area contributed by atoms with E-state index in [1.165, 1.54) is 0 Å². The van der Waals surface area contributed by atoms with Crippen molar-refractivity contribution in [1.29, 1.82) is 0 Å². The minimum atomic E-state index is -0.293. The number of furan rings is 1. The first-order chi connectivity index (χ1) is 13.2. The lowest BCUT2D eigenvalue weighted by atomic mass is 10.0. The molecular formula is C20H25N3O4. The van der Waals surface area contributed by atoms with Gasteiger partial charge in [0, 0.05) is 30.8 Å². The molecule has 1 aromatic heterocycles. The summed E-state index contributed by atoms with van der Waals surface area (Å²) in [5.74, 6) is 0.389. The van der Waals surface area contributed by atoms with E-state index in [0.29, 0.717) is 24.5 Å². The molecule has 7 nitrogen and oxygen atoms in total. The standard InChI is InChI=1S/C20H25N3O4/c1-26-12-11-22-20(25)18-6-5-17(27-18)14-3-2-4-15(13-14)19(24)23-16-7-9-21-10-8-16/h2-6,13,16,21H,7-12H2,1H3,(H,22,25)(H,23,24). The van der Waals surface area contributed by atoms with Gasteiger partial charge in [-0.3, -0.25) is 9.59 Å². The van der Waals surface area contributed by atoms with Crippen molar-refractivity contribution >= 4 is 11.8 Å². The highest BCUT2D eigenvalue weighted by atomic mass is 16.5. The monoisotopic (exact) mass is 371 g/mol. The molecule has 0 atom stereocenters. The lowest BCUT2D eigenvalue weighted by molar-refractivity contribution is 0.0907. The van der Waals surface area contributed by atoms with E-state index in [1.54, 1.807) is 31.4 Å². The molecule has 144 valence electrons. The van der Waals surface area contributed by atoms with Crippen LogP contribution in [0, 0.1) is 0 Å². The van der Waals surface area contributed by atoms with Gasteiger partial charge in [0.25, 0.3) is 11.8 Å². The third kappa shape index (κ3) is 5.18. The summed E-state index contributed by atoms with van der Waals surface area (Å²) in [6.07, 6.45) is 1.87. The molecule has 1 saturated heterocycles. The van der Waals surface area contributed by atoms with E-state index in [0.717, 1.165) is 31.5 Å². The van der Waals surface area contributed by atoms with Gasteiger partial charge in [-0.1, -0.05) is 12.1 Å². The van der Waals surface area contributed by atoms with Crippen molar-refractivity contribution < 1.29 is 18.7 Å². The number of piperidine rings is 1. The SMILES string of the molecule is COCCNC(=O)c1ccc(-c2cccc(C(=O)NC3CCNCC3)c2)o1. The fourth-order valence-electron chi connectivity index (χ4n) is 3.02. The summed E-state index contributed by atoms with van der Waals surface area (Å²) in [4.78, 5) is 24.5. The van der Waals surface area contributed by atoms with Crippen LogP contribution in [0.1, 0.15) is 33.8 Å². The van der Waals surface area contributed by atoms with Crippen LogP contribution < -0.4 is 16.0 Å². The van der Waals surface area contributed by atoms with E-state index in [9.17, 15) is 9.59 Å². The van der Waals surface area contributed by atoms with Gasteiger partial charge in [0.1, 0.15) is 5.76 Å². The number of methoxy groups -OCH3 is 1. The van der Waals surface area contributed by atoms with Crippen LogP contribution in [0.5, 0.6) is 0 Å². The molecule has 3 rings (SSSR count). The van der Waals surface area contributed by atoms with Crippen molar-refractivity contribution in [2.24, 2.45) is 0 Å². The maximum atomic E-state index is 12.5. The number of carbonyl (C=O) groups excluding carboxylic acids is 2. The Balaban J connectivity index is 1.66. The van der Waals surface area contributed by atoms with Gasteiger partial charge >= 0.3 is 0 Å². The van der Waals surface area contributed by atoms with Crippen molar-refractivity contribution in [3.8, 4) is 11.3 Å². The summed E-state index contributed by atoms with van der Waals surface area (Å²) in [6.45, 7) is 2.70. The number of amides is 2. The van der Waals surface area contributed by atoms with Crippen molar-refractivity contribution in [3.63, 3.8) is 0 Å². The summed E-state index contributed by atoms with van der Waals surface area (Å²) < 4.78 is 10.6. The smallest absolute Gasteiger partial charge is 0.287 e. The molecule has 0 aliphatic carbocycles. The van der Waals surface area contributed by atoms with E-state index >= 15 is 0 Å². The summed E-state index contributed by atoms with van der Waals surface area (Å²) in [5.41, 5.74) is 1.33. The van der Waals surface area contributed by atoms with Gasteiger partial charge in [0.15, 0.2) is 5.76 Å². The van der Waals surface area contributed by atoms with E-state index in [1.807, 2.05) is 12.1 Å². The lowest BCUT2D eigenvalue weighted by Gasteiger charge is -2.23. The second-order valence-corrected chi connectivity index (χ2v) is 6.49. The third-order valence-corrected chi connectivity index (χ3v) is 4.51. The highest BCUT2D eigenvalue weighted by Crippen LogP contribution is 2.23. The topological polar surface area (TPSA) is 92.6 Å². The second kappa shape index (κ2) is 9.34. The van der Waals surface area contributed by atoms with Gasteiger partial charge < -0.3 is 25.1 Å². The minimum Gasteiger partial charge on any atom is -0.451 e. The molecule has 0 radical (unpaired) electrons. The van der Waals surface area contributed by atoms with Crippen LogP contribution in [0.4, 0.5) is 0 Å². The zero-order valence-corrected chi connectivity index (χ0v) is 15.4. The fraction of sp³-hybridized carbons (Fsp3) is 0.400. The van der Waals surface area contributed by atoms with E-state index in [2.05, 4.69) is 16.0 Å². The van der Waals surface area contributed by atoms with Crippen LogP contribution in [-0.2, 0) is 4.74 Å². The quantitative estimate of drug-likeness (QED) is 0.646. The molecule has 0 saturated carbocycles. The Kier molecular flexibility index (Phi) is 6.62. The van der Waals surface area contributed by atoms with Crippen LogP contribution in [-0.4, -0.2) is 51.2 Å². The number of benzene rings is 1. The number of rotatable bonds is 7. The maximum absolute atomic E-state index is 12.5. The molecule has 1 aromatic carbocycles. The molecule has 27 heavy (non-hydrogen) atoms. The zero-order chi connectivity index (χ0) is 19.1.